The third kappa shape index (κ3) is 5.18. The van der Waals surface area contributed by atoms with E-state index in [9.17, 15) is 4.79 Å². The Morgan fingerprint density at radius 2 is 1.69 bits per heavy atom. The summed E-state index contributed by atoms with van der Waals surface area (Å²) >= 11 is 0. The molecule has 0 bridgehead atoms. The third-order valence-corrected chi connectivity index (χ3v) is 5.25. The summed E-state index contributed by atoms with van der Waals surface area (Å²) in [5, 5.41) is 2.94. The zero-order chi connectivity index (χ0) is 19.9. The van der Waals surface area contributed by atoms with Gasteiger partial charge in [0.2, 0.25) is 5.95 Å². The summed E-state index contributed by atoms with van der Waals surface area (Å²) in [5.41, 5.74) is 0.489. The second-order valence-corrected chi connectivity index (χ2v) is 7.14. The first kappa shape index (κ1) is 19.5. The van der Waals surface area contributed by atoms with Crippen LogP contribution in [0.5, 0.6) is 0 Å². The van der Waals surface area contributed by atoms with Crippen molar-refractivity contribution < 1.29 is 9.53 Å². The van der Waals surface area contributed by atoms with E-state index >= 15 is 0 Å². The number of anilines is 2. The summed E-state index contributed by atoms with van der Waals surface area (Å²) in [4.78, 5) is 32.2. The van der Waals surface area contributed by atoms with Crippen LogP contribution in [0.15, 0.2) is 36.8 Å². The number of aromatic nitrogens is 3. The van der Waals surface area contributed by atoms with Gasteiger partial charge >= 0.3 is 0 Å². The number of hydrogen-bond acceptors (Lipinski definition) is 8. The zero-order valence-electron chi connectivity index (χ0n) is 16.5. The molecule has 2 aromatic heterocycles. The number of nitrogens with one attached hydrogen (secondary N) is 1. The van der Waals surface area contributed by atoms with Gasteiger partial charge in [-0.3, -0.25) is 9.69 Å². The Hall–Kier alpha value is -2.78. The molecule has 9 heteroatoms. The standard InChI is InChI=1S/C20H27N7O2/c28-19(22-5-6-25-11-13-29-14-12-25)17-15-23-20(24-16-17)27-9-7-26(8-10-27)18-3-1-2-4-21-18/h1-4,15-16H,5-14H2,(H,22,28). The molecular formula is C20H27N7O2. The lowest BCUT2D eigenvalue weighted by atomic mass is 10.3. The highest BCUT2D eigenvalue weighted by Crippen LogP contribution is 2.15. The largest absolute Gasteiger partial charge is 0.379 e. The number of rotatable bonds is 6. The third-order valence-electron chi connectivity index (χ3n) is 5.25. The molecule has 0 spiro atoms. The summed E-state index contributed by atoms with van der Waals surface area (Å²) in [6.07, 6.45) is 5.03. The molecule has 0 radical (unpaired) electrons. The number of hydrogen-bond donors (Lipinski definition) is 1. The summed E-state index contributed by atoms with van der Waals surface area (Å²) in [6, 6.07) is 5.95. The van der Waals surface area contributed by atoms with E-state index in [0.717, 1.165) is 64.8 Å². The smallest absolute Gasteiger partial charge is 0.254 e. The van der Waals surface area contributed by atoms with E-state index in [-0.39, 0.29) is 5.91 Å². The summed E-state index contributed by atoms with van der Waals surface area (Å²) in [7, 11) is 0. The molecule has 0 atom stereocenters. The molecule has 9 nitrogen and oxygen atoms in total. The molecule has 2 aromatic rings. The van der Waals surface area contributed by atoms with Crippen LogP contribution in [0, 0.1) is 0 Å². The van der Waals surface area contributed by atoms with E-state index < -0.39 is 0 Å². The molecule has 4 rings (SSSR count). The van der Waals surface area contributed by atoms with Gasteiger partial charge in [0, 0.05) is 70.9 Å². The number of carbonyl (C=O) groups excluding carboxylic acids is 1. The van der Waals surface area contributed by atoms with Crippen molar-refractivity contribution in [2.45, 2.75) is 0 Å². The zero-order valence-corrected chi connectivity index (χ0v) is 16.5. The van der Waals surface area contributed by atoms with Crippen LogP contribution in [0.25, 0.3) is 0 Å². The predicted octanol–water partition coefficient (Wildman–Crippen LogP) is 0.260. The topological polar surface area (TPSA) is 86.7 Å². The van der Waals surface area contributed by atoms with Gasteiger partial charge in [-0.2, -0.15) is 0 Å². The van der Waals surface area contributed by atoms with Crippen LogP contribution >= 0.6 is 0 Å². The Bertz CT molecular complexity index is 773. The lowest BCUT2D eigenvalue weighted by molar-refractivity contribution is 0.0383. The molecular weight excluding hydrogens is 370 g/mol. The Morgan fingerprint density at radius 3 is 2.38 bits per heavy atom. The van der Waals surface area contributed by atoms with Crippen molar-refractivity contribution in [3.63, 3.8) is 0 Å². The number of nitrogens with zero attached hydrogens (tertiary/aromatic N) is 6. The molecule has 0 unspecified atom stereocenters. The highest BCUT2D eigenvalue weighted by atomic mass is 16.5. The SMILES string of the molecule is O=C(NCCN1CCOCC1)c1cnc(N2CCN(c3ccccn3)CC2)nc1. The molecule has 0 aromatic carbocycles. The molecule has 29 heavy (non-hydrogen) atoms. The van der Waals surface area contributed by atoms with E-state index in [2.05, 4.69) is 35.0 Å². The van der Waals surface area contributed by atoms with E-state index in [4.69, 9.17) is 4.74 Å². The van der Waals surface area contributed by atoms with Crippen LogP contribution < -0.4 is 15.1 Å². The second-order valence-electron chi connectivity index (χ2n) is 7.14. The van der Waals surface area contributed by atoms with E-state index in [0.29, 0.717) is 18.1 Å². The Balaban J connectivity index is 1.24. The molecule has 154 valence electrons. The fourth-order valence-electron chi connectivity index (χ4n) is 3.53. The van der Waals surface area contributed by atoms with Crippen molar-refractivity contribution in [3.8, 4) is 0 Å². The highest BCUT2D eigenvalue weighted by molar-refractivity contribution is 5.93. The van der Waals surface area contributed by atoms with Crippen LogP contribution in [-0.4, -0.2) is 91.3 Å². The maximum absolute atomic E-state index is 12.3. The quantitative estimate of drug-likeness (QED) is 0.743. The van der Waals surface area contributed by atoms with Crippen molar-refractivity contribution in [1.82, 2.24) is 25.2 Å². The average Bonchev–Trinajstić information content (AvgIpc) is 2.80. The number of piperazine rings is 1. The maximum Gasteiger partial charge on any atom is 0.254 e. The van der Waals surface area contributed by atoms with Crippen molar-refractivity contribution in [3.05, 3.63) is 42.4 Å². The Kier molecular flexibility index (Phi) is 6.48. The van der Waals surface area contributed by atoms with Crippen LogP contribution in [0.1, 0.15) is 10.4 Å². The van der Waals surface area contributed by atoms with E-state index in [1.807, 2.05) is 24.4 Å². The number of amides is 1. The van der Waals surface area contributed by atoms with Gasteiger partial charge in [0.25, 0.3) is 5.91 Å². The van der Waals surface area contributed by atoms with Crippen molar-refractivity contribution in [2.24, 2.45) is 0 Å². The van der Waals surface area contributed by atoms with Crippen LogP contribution in [0.3, 0.4) is 0 Å². The Morgan fingerprint density at radius 1 is 0.966 bits per heavy atom. The molecule has 2 aliphatic rings. The summed E-state index contributed by atoms with van der Waals surface area (Å²) in [5.74, 6) is 1.53. The van der Waals surface area contributed by atoms with Gasteiger partial charge in [-0.15, -0.1) is 0 Å². The molecule has 0 aliphatic carbocycles. The van der Waals surface area contributed by atoms with Crippen LogP contribution in [0.4, 0.5) is 11.8 Å². The minimum Gasteiger partial charge on any atom is -0.379 e. The van der Waals surface area contributed by atoms with Crippen molar-refractivity contribution in [1.29, 1.82) is 0 Å². The van der Waals surface area contributed by atoms with Crippen LogP contribution in [-0.2, 0) is 4.74 Å². The fourth-order valence-corrected chi connectivity index (χ4v) is 3.53. The average molecular weight is 397 g/mol. The molecule has 0 saturated carbocycles. The highest BCUT2D eigenvalue weighted by Gasteiger charge is 2.20. The normalized spacial score (nSPS) is 17.9. The first-order chi connectivity index (χ1) is 14.3. The number of morpholine rings is 1. The molecule has 1 N–H and O–H groups in total. The number of ether oxygens (including phenoxy) is 1. The van der Waals surface area contributed by atoms with E-state index in [1.165, 1.54) is 0 Å². The van der Waals surface area contributed by atoms with Gasteiger partial charge in [-0.1, -0.05) is 6.07 Å². The second kappa shape index (κ2) is 9.62. The molecule has 1 amide bonds. The summed E-state index contributed by atoms with van der Waals surface area (Å²) in [6.45, 7) is 8.17. The lowest BCUT2D eigenvalue weighted by Crippen LogP contribution is -2.47. The number of carbonyl (C=O) groups is 1. The molecule has 2 saturated heterocycles. The minimum atomic E-state index is -0.134. The monoisotopic (exact) mass is 397 g/mol. The Labute approximate surface area is 170 Å². The van der Waals surface area contributed by atoms with Crippen LogP contribution in [0.2, 0.25) is 0 Å². The van der Waals surface area contributed by atoms with Crippen molar-refractivity contribution >= 4 is 17.7 Å². The molecule has 4 heterocycles. The van der Waals surface area contributed by atoms with Gasteiger partial charge in [0.15, 0.2) is 0 Å². The first-order valence-corrected chi connectivity index (χ1v) is 10.1. The lowest BCUT2D eigenvalue weighted by Gasteiger charge is -2.35. The molecule has 2 fully saturated rings. The van der Waals surface area contributed by atoms with Gasteiger partial charge in [0.05, 0.1) is 18.8 Å². The molecule has 2 aliphatic heterocycles. The maximum atomic E-state index is 12.3. The summed E-state index contributed by atoms with van der Waals surface area (Å²) < 4.78 is 5.33. The van der Waals surface area contributed by atoms with Crippen molar-refractivity contribution in [2.75, 3.05) is 75.4 Å². The minimum absolute atomic E-state index is 0.134. The fraction of sp³-hybridized carbons (Fsp3) is 0.500. The van der Waals surface area contributed by atoms with Gasteiger partial charge in [-0.25, -0.2) is 15.0 Å². The first-order valence-electron chi connectivity index (χ1n) is 10.1. The van der Waals surface area contributed by atoms with E-state index in [1.54, 1.807) is 12.4 Å². The van der Waals surface area contributed by atoms with Gasteiger partial charge in [0.1, 0.15) is 5.82 Å². The van der Waals surface area contributed by atoms with Gasteiger partial charge < -0.3 is 19.9 Å². The predicted molar refractivity (Wildman–Crippen MR) is 110 cm³/mol. The number of pyridine rings is 1. The van der Waals surface area contributed by atoms with Gasteiger partial charge in [-0.05, 0) is 12.1 Å².